The summed E-state index contributed by atoms with van der Waals surface area (Å²) in [5, 5.41) is 0. The van der Waals surface area contributed by atoms with Gasteiger partial charge in [0, 0.05) is 29.8 Å². The monoisotopic (exact) mass is 263 g/mol. The predicted octanol–water partition coefficient (Wildman–Crippen LogP) is 2.12. The van der Waals surface area contributed by atoms with E-state index in [1.807, 2.05) is 12.1 Å². The number of carbonyl (C=O) groups is 1. The Kier molecular flexibility index (Phi) is 4.22. The lowest BCUT2D eigenvalue weighted by molar-refractivity contribution is -0.0555. The molecule has 0 bridgehead atoms. The van der Waals surface area contributed by atoms with Crippen molar-refractivity contribution in [3.05, 3.63) is 29.3 Å². The van der Waals surface area contributed by atoms with Gasteiger partial charge in [0.1, 0.15) is 12.0 Å². The highest BCUT2D eigenvalue weighted by Crippen LogP contribution is 2.26. The zero-order valence-electron chi connectivity index (χ0n) is 11.8. The largest absolute Gasteiger partial charge is 0.496 e. The molecule has 0 radical (unpaired) electrons. The second-order valence-corrected chi connectivity index (χ2v) is 5.48. The Morgan fingerprint density at radius 3 is 2.89 bits per heavy atom. The van der Waals surface area contributed by atoms with Crippen LogP contribution in [0.25, 0.3) is 0 Å². The van der Waals surface area contributed by atoms with Crippen LogP contribution in [0.5, 0.6) is 5.75 Å². The van der Waals surface area contributed by atoms with Gasteiger partial charge in [0.25, 0.3) is 0 Å². The van der Waals surface area contributed by atoms with Gasteiger partial charge in [0.15, 0.2) is 0 Å². The molecule has 4 heteroatoms. The van der Waals surface area contributed by atoms with E-state index >= 15 is 0 Å². The third-order valence-electron chi connectivity index (χ3n) is 3.62. The number of hydrogen-bond acceptors (Lipinski definition) is 4. The number of carbonyl (C=O) groups excluding carboxylic acids is 1. The molecule has 0 aliphatic carbocycles. The summed E-state index contributed by atoms with van der Waals surface area (Å²) in [6, 6.07) is 5.53. The summed E-state index contributed by atoms with van der Waals surface area (Å²) in [4.78, 5) is 13.3. The molecule has 1 fully saturated rings. The molecule has 0 spiro atoms. The molecule has 1 aromatic rings. The number of hydrogen-bond donors (Lipinski definition) is 0. The van der Waals surface area contributed by atoms with Crippen LogP contribution in [-0.4, -0.2) is 43.6 Å². The standard InChI is InChI=1S/C15H21NO3/c1-15(2)11-19-7-6-16(15)9-13-8-12(10-17)4-5-14(13)18-3/h4-5,8,10H,6-7,9,11H2,1-3H3. The number of ether oxygens (including phenoxy) is 2. The Morgan fingerprint density at radius 2 is 2.26 bits per heavy atom. The van der Waals surface area contributed by atoms with Gasteiger partial charge in [-0.25, -0.2) is 0 Å². The van der Waals surface area contributed by atoms with Crippen molar-refractivity contribution >= 4 is 6.29 Å². The Bertz CT molecular complexity index is 457. The highest BCUT2D eigenvalue weighted by molar-refractivity contribution is 5.75. The maximum atomic E-state index is 10.9. The maximum absolute atomic E-state index is 10.9. The predicted molar refractivity (Wildman–Crippen MR) is 73.7 cm³/mol. The average molecular weight is 263 g/mol. The van der Waals surface area contributed by atoms with E-state index in [2.05, 4.69) is 18.7 Å². The summed E-state index contributed by atoms with van der Waals surface area (Å²) >= 11 is 0. The first-order chi connectivity index (χ1) is 9.06. The number of benzene rings is 1. The van der Waals surface area contributed by atoms with Gasteiger partial charge in [0.05, 0.1) is 20.3 Å². The molecule has 0 N–H and O–H groups in total. The Morgan fingerprint density at radius 1 is 1.47 bits per heavy atom. The van der Waals surface area contributed by atoms with Crippen molar-refractivity contribution in [1.29, 1.82) is 0 Å². The summed E-state index contributed by atoms with van der Waals surface area (Å²) in [5.74, 6) is 0.827. The number of methoxy groups -OCH3 is 1. The lowest BCUT2D eigenvalue weighted by Gasteiger charge is -2.42. The average Bonchev–Trinajstić information content (AvgIpc) is 2.41. The van der Waals surface area contributed by atoms with E-state index < -0.39 is 0 Å². The molecule has 1 aliphatic rings. The fourth-order valence-electron chi connectivity index (χ4n) is 2.38. The molecule has 0 atom stereocenters. The highest BCUT2D eigenvalue weighted by atomic mass is 16.5. The van der Waals surface area contributed by atoms with Crippen LogP contribution in [0.4, 0.5) is 0 Å². The lowest BCUT2D eigenvalue weighted by Crippen LogP contribution is -2.52. The van der Waals surface area contributed by atoms with E-state index in [4.69, 9.17) is 9.47 Å². The topological polar surface area (TPSA) is 38.8 Å². The number of nitrogens with zero attached hydrogens (tertiary/aromatic N) is 1. The smallest absolute Gasteiger partial charge is 0.150 e. The summed E-state index contributed by atoms with van der Waals surface area (Å²) in [5.41, 5.74) is 1.73. The molecule has 0 aromatic heterocycles. The van der Waals surface area contributed by atoms with Crippen LogP contribution in [0.1, 0.15) is 29.8 Å². The van der Waals surface area contributed by atoms with E-state index in [9.17, 15) is 4.79 Å². The maximum Gasteiger partial charge on any atom is 0.150 e. The summed E-state index contributed by atoms with van der Waals surface area (Å²) in [7, 11) is 1.66. The summed E-state index contributed by atoms with van der Waals surface area (Å²) in [6.45, 7) is 7.47. The van der Waals surface area contributed by atoms with Crippen molar-refractivity contribution in [3.63, 3.8) is 0 Å². The fourth-order valence-corrected chi connectivity index (χ4v) is 2.38. The number of aldehydes is 1. The molecule has 4 nitrogen and oxygen atoms in total. The molecule has 2 rings (SSSR count). The van der Waals surface area contributed by atoms with Crippen LogP contribution in [-0.2, 0) is 11.3 Å². The molecule has 1 heterocycles. The fraction of sp³-hybridized carbons (Fsp3) is 0.533. The highest BCUT2D eigenvalue weighted by Gasteiger charge is 2.30. The SMILES string of the molecule is COc1ccc(C=O)cc1CN1CCOCC1(C)C. The van der Waals surface area contributed by atoms with Gasteiger partial charge in [-0.15, -0.1) is 0 Å². The van der Waals surface area contributed by atoms with Crippen molar-refractivity contribution in [3.8, 4) is 5.75 Å². The lowest BCUT2D eigenvalue weighted by atomic mass is 10.0. The number of rotatable bonds is 4. The third kappa shape index (κ3) is 3.14. The zero-order valence-corrected chi connectivity index (χ0v) is 11.8. The van der Waals surface area contributed by atoms with E-state index in [1.54, 1.807) is 13.2 Å². The van der Waals surface area contributed by atoms with Crippen LogP contribution in [0.3, 0.4) is 0 Å². The molecule has 1 saturated heterocycles. The zero-order chi connectivity index (χ0) is 13.9. The van der Waals surface area contributed by atoms with Crippen molar-refractivity contribution < 1.29 is 14.3 Å². The van der Waals surface area contributed by atoms with E-state index in [0.29, 0.717) is 5.56 Å². The first-order valence-electron chi connectivity index (χ1n) is 6.52. The van der Waals surface area contributed by atoms with Crippen LogP contribution in [0.2, 0.25) is 0 Å². The summed E-state index contributed by atoms with van der Waals surface area (Å²) < 4.78 is 10.9. The van der Waals surface area contributed by atoms with Gasteiger partial charge < -0.3 is 9.47 Å². The van der Waals surface area contributed by atoms with Gasteiger partial charge in [-0.2, -0.15) is 0 Å². The van der Waals surface area contributed by atoms with Crippen LogP contribution < -0.4 is 4.74 Å². The van der Waals surface area contributed by atoms with E-state index in [1.165, 1.54) is 0 Å². The van der Waals surface area contributed by atoms with Gasteiger partial charge in [-0.3, -0.25) is 9.69 Å². The van der Waals surface area contributed by atoms with Gasteiger partial charge >= 0.3 is 0 Å². The van der Waals surface area contributed by atoms with Crippen LogP contribution in [0, 0.1) is 0 Å². The first kappa shape index (κ1) is 14.0. The van der Waals surface area contributed by atoms with Gasteiger partial charge in [-0.1, -0.05) is 0 Å². The molecule has 1 aromatic carbocycles. The van der Waals surface area contributed by atoms with Gasteiger partial charge in [-0.05, 0) is 32.0 Å². The quantitative estimate of drug-likeness (QED) is 0.780. The van der Waals surface area contributed by atoms with Crippen LogP contribution >= 0.6 is 0 Å². The Labute approximate surface area is 114 Å². The molecule has 19 heavy (non-hydrogen) atoms. The minimum Gasteiger partial charge on any atom is -0.496 e. The number of morpholine rings is 1. The Balaban J connectivity index is 2.23. The van der Waals surface area contributed by atoms with Gasteiger partial charge in [0.2, 0.25) is 0 Å². The van der Waals surface area contributed by atoms with Crippen molar-refractivity contribution in [1.82, 2.24) is 4.90 Å². The van der Waals surface area contributed by atoms with Crippen molar-refractivity contribution in [2.45, 2.75) is 25.9 Å². The molecule has 0 unspecified atom stereocenters. The van der Waals surface area contributed by atoms with Crippen LogP contribution in [0.15, 0.2) is 18.2 Å². The molecular formula is C15H21NO3. The molecule has 1 aliphatic heterocycles. The van der Waals surface area contributed by atoms with E-state index in [0.717, 1.165) is 43.9 Å². The first-order valence-corrected chi connectivity index (χ1v) is 6.52. The molecule has 0 amide bonds. The minimum absolute atomic E-state index is 0.000442. The molecule has 0 saturated carbocycles. The summed E-state index contributed by atoms with van der Waals surface area (Å²) in [6.07, 6.45) is 0.868. The minimum atomic E-state index is 0.000442. The molecular weight excluding hydrogens is 242 g/mol. The van der Waals surface area contributed by atoms with Crippen molar-refractivity contribution in [2.24, 2.45) is 0 Å². The van der Waals surface area contributed by atoms with Crippen molar-refractivity contribution in [2.75, 3.05) is 26.9 Å². The van der Waals surface area contributed by atoms with E-state index in [-0.39, 0.29) is 5.54 Å². The third-order valence-corrected chi connectivity index (χ3v) is 3.62. The molecule has 104 valence electrons. The Hall–Kier alpha value is -1.39. The normalized spacial score (nSPS) is 19.1. The second-order valence-electron chi connectivity index (χ2n) is 5.48. The second kappa shape index (κ2) is 5.72.